The van der Waals surface area contributed by atoms with E-state index in [4.69, 9.17) is 9.47 Å². The Morgan fingerprint density at radius 2 is 0.500 bits per heavy atom. The van der Waals surface area contributed by atoms with Crippen molar-refractivity contribution in [3.05, 3.63) is 194 Å². The van der Waals surface area contributed by atoms with Gasteiger partial charge >= 0.3 is 11.9 Å². The smallest absolute Gasteiger partial charge is 0.306 e. The second-order valence-corrected chi connectivity index (χ2v) is 21.1. The fourth-order valence-electron chi connectivity index (χ4n) is 8.54. The Hall–Kier alpha value is -5.26. The summed E-state index contributed by atoms with van der Waals surface area (Å²) in [6.07, 6.45) is 112. The molecule has 0 fully saturated rings. The zero-order chi connectivity index (χ0) is 59.1. The van der Waals surface area contributed by atoms with Crippen LogP contribution in [0, 0.1) is 0 Å². The molecule has 0 radical (unpaired) electrons. The molecule has 1 unspecified atom stereocenters. The molecule has 0 spiro atoms. The highest BCUT2D eigenvalue weighted by molar-refractivity contribution is 5.70. The summed E-state index contributed by atoms with van der Waals surface area (Å²) in [5, 5.41) is 9.68. The van der Waals surface area contributed by atoms with Gasteiger partial charge in [0.25, 0.3) is 0 Å². The zero-order valence-corrected chi connectivity index (χ0v) is 52.4. The lowest BCUT2D eigenvalue weighted by Crippen LogP contribution is -2.28. The monoisotopic (exact) mass is 1120 g/mol. The number of esters is 2. The van der Waals surface area contributed by atoms with Gasteiger partial charge in [-0.2, -0.15) is 0 Å². The molecule has 0 aromatic carbocycles. The van der Waals surface area contributed by atoms with E-state index in [1.165, 1.54) is 96.3 Å². The van der Waals surface area contributed by atoms with Crippen LogP contribution in [0.3, 0.4) is 0 Å². The minimum Gasteiger partial charge on any atom is -0.462 e. The van der Waals surface area contributed by atoms with E-state index in [0.717, 1.165) is 128 Å². The summed E-state index contributed by atoms with van der Waals surface area (Å²) >= 11 is 0. The van der Waals surface area contributed by atoms with Gasteiger partial charge in [-0.3, -0.25) is 9.59 Å². The van der Waals surface area contributed by atoms with Gasteiger partial charge < -0.3 is 14.6 Å². The van der Waals surface area contributed by atoms with Crippen LogP contribution >= 0.6 is 0 Å². The number of hydrogen-bond acceptors (Lipinski definition) is 5. The maximum atomic E-state index is 12.3. The van der Waals surface area contributed by atoms with Crippen LogP contribution in [-0.2, 0) is 19.1 Å². The minimum atomic E-state index is -0.818. The Kier molecular flexibility index (Phi) is 65.5. The first-order valence-electron chi connectivity index (χ1n) is 33.0. The van der Waals surface area contributed by atoms with E-state index in [9.17, 15) is 14.7 Å². The summed E-state index contributed by atoms with van der Waals surface area (Å²) in [6, 6.07) is 0. The van der Waals surface area contributed by atoms with Gasteiger partial charge in [0.05, 0.1) is 6.61 Å². The van der Waals surface area contributed by atoms with Gasteiger partial charge in [-0.25, -0.2) is 0 Å². The average Bonchev–Trinajstić information content (AvgIpc) is 3.49. The number of aliphatic hydroxyl groups excluding tert-OH is 1. The van der Waals surface area contributed by atoms with Crippen LogP contribution < -0.4 is 0 Å². The van der Waals surface area contributed by atoms with Gasteiger partial charge in [0.2, 0.25) is 0 Å². The van der Waals surface area contributed by atoms with Crippen molar-refractivity contribution in [1.29, 1.82) is 0 Å². The van der Waals surface area contributed by atoms with Crippen LogP contribution in [-0.4, -0.2) is 36.4 Å². The molecule has 0 aromatic rings. The van der Waals surface area contributed by atoms with Gasteiger partial charge in [-0.05, 0) is 135 Å². The van der Waals surface area contributed by atoms with Crippen molar-refractivity contribution in [2.75, 3.05) is 13.2 Å². The highest BCUT2D eigenvalue weighted by Gasteiger charge is 2.16. The van der Waals surface area contributed by atoms with Crippen LogP contribution in [0.4, 0.5) is 0 Å². The summed E-state index contributed by atoms with van der Waals surface area (Å²) in [7, 11) is 0. The third kappa shape index (κ3) is 67.2. The predicted octanol–water partition coefficient (Wildman–Crippen LogP) is 23.2. The molecule has 458 valence electrons. The van der Waals surface area contributed by atoms with E-state index >= 15 is 0 Å². The van der Waals surface area contributed by atoms with Gasteiger partial charge in [0.15, 0.2) is 6.10 Å². The summed E-state index contributed by atoms with van der Waals surface area (Å²) in [4.78, 5) is 24.6. The number of unbranched alkanes of at least 4 members (excludes halogenated alkanes) is 18. The molecule has 0 aliphatic carbocycles. The zero-order valence-electron chi connectivity index (χ0n) is 52.4. The first kappa shape index (κ1) is 76.7. The molecule has 0 bridgehead atoms. The van der Waals surface area contributed by atoms with Gasteiger partial charge in [0, 0.05) is 12.8 Å². The lowest BCUT2D eigenvalue weighted by Gasteiger charge is -2.15. The summed E-state index contributed by atoms with van der Waals surface area (Å²) in [5.41, 5.74) is 0. The predicted molar refractivity (Wildman–Crippen MR) is 361 cm³/mol. The maximum Gasteiger partial charge on any atom is 0.306 e. The van der Waals surface area contributed by atoms with E-state index < -0.39 is 6.10 Å². The molecular formula is C77H120O5. The summed E-state index contributed by atoms with van der Waals surface area (Å²) < 4.78 is 10.7. The van der Waals surface area contributed by atoms with Gasteiger partial charge in [0.1, 0.15) is 6.61 Å². The van der Waals surface area contributed by atoms with Crippen molar-refractivity contribution in [3.8, 4) is 0 Å². The van der Waals surface area contributed by atoms with Crippen molar-refractivity contribution >= 4 is 11.9 Å². The van der Waals surface area contributed by atoms with Crippen molar-refractivity contribution in [2.45, 2.75) is 264 Å². The van der Waals surface area contributed by atoms with E-state index in [0.29, 0.717) is 12.8 Å². The molecule has 0 rings (SSSR count). The molecule has 0 aliphatic heterocycles. The van der Waals surface area contributed by atoms with Crippen LogP contribution in [0.5, 0.6) is 0 Å². The third-order valence-electron chi connectivity index (χ3n) is 13.4. The first-order chi connectivity index (χ1) is 40.6. The minimum absolute atomic E-state index is 0.0999. The fraction of sp³-hybridized carbons (Fsp3) is 0.558. The largest absolute Gasteiger partial charge is 0.462 e. The lowest BCUT2D eigenvalue weighted by molar-refractivity contribution is -0.161. The van der Waals surface area contributed by atoms with Crippen molar-refractivity contribution in [3.63, 3.8) is 0 Å². The molecular weight excluding hydrogens is 1000 g/mol. The quantitative estimate of drug-likeness (QED) is 0.0373. The molecule has 1 atom stereocenters. The molecule has 5 nitrogen and oxygen atoms in total. The Bertz CT molecular complexity index is 1900. The van der Waals surface area contributed by atoms with Crippen LogP contribution in [0.15, 0.2) is 194 Å². The molecule has 5 heteroatoms. The van der Waals surface area contributed by atoms with E-state index in [-0.39, 0.29) is 31.6 Å². The molecule has 0 amide bonds. The van der Waals surface area contributed by atoms with E-state index in [2.05, 4.69) is 208 Å². The normalized spacial score (nSPS) is 13.5. The molecule has 0 saturated carbocycles. The second kappa shape index (κ2) is 70.0. The maximum absolute atomic E-state index is 12.3. The van der Waals surface area contributed by atoms with Gasteiger partial charge in [-0.1, -0.05) is 305 Å². The molecule has 0 aromatic heterocycles. The van der Waals surface area contributed by atoms with Crippen molar-refractivity contribution in [2.24, 2.45) is 0 Å². The van der Waals surface area contributed by atoms with Crippen molar-refractivity contribution < 1.29 is 24.2 Å². The Balaban J connectivity index is 3.60. The number of carbonyl (C=O) groups is 2. The van der Waals surface area contributed by atoms with E-state index in [1.807, 2.05) is 0 Å². The highest BCUT2D eigenvalue weighted by Crippen LogP contribution is 2.16. The summed E-state index contributed by atoms with van der Waals surface area (Å²) in [6.45, 7) is 3.86. The number of hydrogen-bond donors (Lipinski definition) is 1. The number of carbonyl (C=O) groups excluding carboxylic acids is 2. The Labute approximate surface area is 505 Å². The lowest BCUT2D eigenvalue weighted by atomic mass is 10.0. The Morgan fingerprint density at radius 1 is 0.280 bits per heavy atom. The molecule has 0 aliphatic rings. The molecule has 82 heavy (non-hydrogen) atoms. The molecule has 1 N–H and O–H groups in total. The van der Waals surface area contributed by atoms with E-state index in [1.54, 1.807) is 0 Å². The number of allylic oxidation sites excluding steroid dienone is 32. The number of rotatable bonds is 58. The number of aliphatic hydroxyl groups is 1. The Morgan fingerprint density at radius 3 is 0.768 bits per heavy atom. The SMILES string of the molecule is CC/C=C\C/C=C\C/C=C\C/C=C\C/C=C\C/C=C\C/C=C\C/C=C\C/C=C\CCCC(=O)OC(CO)COC(=O)CCCCCCCCCCCCCCCCCCC/C=C\C/C=C\C/C=C\C/C=C\C/C=C\C/C=C\C/C=C\CC. The van der Waals surface area contributed by atoms with Crippen LogP contribution in [0.25, 0.3) is 0 Å². The van der Waals surface area contributed by atoms with Crippen molar-refractivity contribution in [1.82, 2.24) is 0 Å². The second-order valence-electron chi connectivity index (χ2n) is 21.1. The van der Waals surface area contributed by atoms with Crippen LogP contribution in [0.2, 0.25) is 0 Å². The molecule has 0 saturated heterocycles. The topological polar surface area (TPSA) is 72.8 Å². The summed E-state index contributed by atoms with van der Waals surface area (Å²) in [5.74, 6) is -0.669. The standard InChI is InChI=1S/C77H120O5/c1-3-5-7-9-11-13-15-17-19-21-23-25-27-29-31-33-34-35-36-37-38-39-40-41-42-44-45-47-49-51-53-55-57-59-61-63-65-67-69-71-76(79)81-74-75(73-78)82-77(80)72-70-68-66-64-62-60-58-56-54-52-50-48-46-43-32-30-28-26-24-22-20-18-16-14-12-10-8-6-4-2/h5-8,11-14,17-20,23-26,29-32,34-35,37-38,46,48,52,54,58,60,64,66,75,78H,3-4,9-10,15-16,21-22,27-28,33,36,39-45,47,49-51,53,55-57,59,61-63,65,67-74H2,1-2H3/b7-5-,8-6-,13-11-,14-12-,19-17-,20-18-,25-23-,26-24-,31-29-,32-30-,35-34-,38-37-,48-46-,54-52-,60-58-,66-64-. The highest BCUT2D eigenvalue weighted by atomic mass is 16.6. The number of ether oxygens (including phenoxy) is 2. The first-order valence-corrected chi connectivity index (χ1v) is 33.0. The molecule has 0 heterocycles. The third-order valence-corrected chi connectivity index (χ3v) is 13.4. The van der Waals surface area contributed by atoms with Crippen LogP contribution in [0.1, 0.15) is 258 Å². The van der Waals surface area contributed by atoms with Gasteiger partial charge in [-0.15, -0.1) is 0 Å². The fourth-order valence-corrected chi connectivity index (χ4v) is 8.54. The average molecular weight is 1130 g/mol.